The molecule has 1 aromatic rings. The Hall–Kier alpha value is -0.560. The lowest BCUT2D eigenvalue weighted by molar-refractivity contribution is 0.461. The Morgan fingerprint density at radius 2 is 2.06 bits per heavy atom. The summed E-state index contributed by atoms with van der Waals surface area (Å²) in [5, 5.41) is 0. The van der Waals surface area contributed by atoms with E-state index in [-0.39, 0.29) is 5.82 Å². The van der Waals surface area contributed by atoms with E-state index in [1.54, 1.807) is 12.1 Å². The smallest absolute Gasteiger partial charge is 0.123 e. The summed E-state index contributed by atoms with van der Waals surface area (Å²) in [6, 6.07) is 6.89. The Morgan fingerprint density at radius 1 is 1.31 bits per heavy atom. The summed E-state index contributed by atoms with van der Waals surface area (Å²) in [5.41, 5.74) is 1.06. The number of benzene rings is 1. The fraction of sp³-hybridized carbons (Fsp3) is 0.571. The topological polar surface area (TPSA) is 0 Å². The van der Waals surface area contributed by atoms with Gasteiger partial charge in [0, 0.05) is 5.88 Å². The number of rotatable bonds is 4. The van der Waals surface area contributed by atoms with Gasteiger partial charge in [-0.05, 0) is 36.0 Å². The summed E-state index contributed by atoms with van der Waals surface area (Å²) in [4.78, 5) is 0. The fourth-order valence-corrected chi connectivity index (χ4v) is 3.00. The first-order valence-electron chi connectivity index (χ1n) is 6.11. The SMILES string of the molecule is Fc1cccc(C(CCl)CC2CCCC2)c1. The van der Waals surface area contributed by atoms with E-state index in [2.05, 4.69) is 0 Å². The molecule has 0 amide bonds. The van der Waals surface area contributed by atoms with Crippen LogP contribution in [0.5, 0.6) is 0 Å². The van der Waals surface area contributed by atoms with E-state index in [1.807, 2.05) is 6.07 Å². The van der Waals surface area contributed by atoms with Crippen LogP contribution >= 0.6 is 11.6 Å². The highest BCUT2D eigenvalue weighted by Crippen LogP contribution is 2.34. The van der Waals surface area contributed by atoms with Crippen molar-refractivity contribution in [1.29, 1.82) is 0 Å². The first kappa shape index (κ1) is 11.9. The summed E-state index contributed by atoms with van der Waals surface area (Å²) in [6.45, 7) is 0. The van der Waals surface area contributed by atoms with Crippen molar-refractivity contribution in [2.75, 3.05) is 5.88 Å². The van der Waals surface area contributed by atoms with Crippen LogP contribution in [0.3, 0.4) is 0 Å². The summed E-state index contributed by atoms with van der Waals surface area (Å²) < 4.78 is 13.1. The molecular weight excluding hydrogens is 223 g/mol. The molecule has 0 bridgehead atoms. The van der Waals surface area contributed by atoms with Gasteiger partial charge < -0.3 is 0 Å². The molecule has 1 unspecified atom stereocenters. The molecule has 1 atom stereocenters. The van der Waals surface area contributed by atoms with Gasteiger partial charge in [0.25, 0.3) is 0 Å². The highest BCUT2D eigenvalue weighted by atomic mass is 35.5. The van der Waals surface area contributed by atoms with Crippen molar-refractivity contribution < 1.29 is 4.39 Å². The molecule has 2 heteroatoms. The van der Waals surface area contributed by atoms with Gasteiger partial charge in [0.1, 0.15) is 5.82 Å². The molecule has 1 saturated carbocycles. The summed E-state index contributed by atoms with van der Waals surface area (Å²) >= 11 is 6.01. The zero-order chi connectivity index (χ0) is 11.4. The van der Waals surface area contributed by atoms with Gasteiger partial charge >= 0.3 is 0 Å². The maximum Gasteiger partial charge on any atom is 0.123 e. The number of hydrogen-bond donors (Lipinski definition) is 0. The molecule has 0 N–H and O–H groups in total. The minimum atomic E-state index is -0.154. The Morgan fingerprint density at radius 3 is 2.69 bits per heavy atom. The minimum Gasteiger partial charge on any atom is -0.207 e. The maximum absolute atomic E-state index is 13.1. The van der Waals surface area contributed by atoms with Crippen LogP contribution in [0.15, 0.2) is 24.3 Å². The van der Waals surface area contributed by atoms with E-state index < -0.39 is 0 Å². The molecule has 0 saturated heterocycles. The van der Waals surface area contributed by atoms with Gasteiger partial charge in [-0.15, -0.1) is 11.6 Å². The van der Waals surface area contributed by atoms with E-state index in [0.717, 1.165) is 17.9 Å². The van der Waals surface area contributed by atoms with Gasteiger partial charge in [0.2, 0.25) is 0 Å². The van der Waals surface area contributed by atoms with Crippen LogP contribution < -0.4 is 0 Å². The molecular formula is C14H18ClF. The van der Waals surface area contributed by atoms with Crippen LogP contribution in [0.2, 0.25) is 0 Å². The molecule has 1 aliphatic rings. The molecule has 0 heterocycles. The van der Waals surface area contributed by atoms with Gasteiger partial charge in [-0.2, -0.15) is 0 Å². The molecule has 0 nitrogen and oxygen atoms in total. The second-order valence-electron chi connectivity index (χ2n) is 4.79. The fourth-order valence-electron chi connectivity index (χ4n) is 2.70. The molecule has 1 aromatic carbocycles. The molecule has 0 radical (unpaired) electrons. The first-order chi connectivity index (χ1) is 7.79. The Balaban J connectivity index is 2.03. The summed E-state index contributed by atoms with van der Waals surface area (Å²) in [5.74, 6) is 1.56. The van der Waals surface area contributed by atoms with Gasteiger partial charge in [-0.3, -0.25) is 0 Å². The van der Waals surface area contributed by atoms with Crippen molar-refractivity contribution in [3.8, 4) is 0 Å². The molecule has 0 aliphatic heterocycles. The van der Waals surface area contributed by atoms with Gasteiger partial charge in [-0.25, -0.2) is 4.39 Å². The van der Waals surface area contributed by atoms with E-state index in [1.165, 1.54) is 31.7 Å². The standard InChI is InChI=1S/C14H18ClF/c15-10-13(8-11-4-1-2-5-11)12-6-3-7-14(16)9-12/h3,6-7,9,11,13H,1-2,4-5,8,10H2. The number of alkyl halides is 1. The van der Waals surface area contributed by atoms with Crippen LogP contribution in [-0.4, -0.2) is 5.88 Å². The quantitative estimate of drug-likeness (QED) is 0.668. The van der Waals surface area contributed by atoms with E-state index in [4.69, 9.17) is 11.6 Å². The average molecular weight is 241 g/mol. The minimum absolute atomic E-state index is 0.154. The van der Waals surface area contributed by atoms with Crippen molar-refractivity contribution in [2.24, 2.45) is 5.92 Å². The van der Waals surface area contributed by atoms with Crippen molar-refractivity contribution in [2.45, 2.75) is 38.0 Å². The molecule has 1 aliphatic carbocycles. The Bertz CT molecular complexity index is 331. The molecule has 88 valence electrons. The highest BCUT2D eigenvalue weighted by molar-refractivity contribution is 6.18. The average Bonchev–Trinajstić information content (AvgIpc) is 2.78. The highest BCUT2D eigenvalue weighted by Gasteiger charge is 2.20. The molecule has 16 heavy (non-hydrogen) atoms. The number of halogens is 2. The lowest BCUT2D eigenvalue weighted by Gasteiger charge is -2.18. The lowest BCUT2D eigenvalue weighted by Crippen LogP contribution is -2.07. The monoisotopic (exact) mass is 240 g/mol. The van der Waals surface area contributed by atoms with Gasteiger partial charge in [-0.1, -0.05) is 37.8 Å². The van der Waals surface area contributed by atoms with Crippen molar-refractivity contribution in [3.05, 3.63) is 35.6 Å². The van der Waals surface area contributed by atoms with E-state index in [9.17, 15) is 4.39 Å². The summed E-state index contributed by atoms with van der Waals surface area (Å²) in [7, 11) is 0. The van der Waals surface area contributed by atoms with Crippen LogP contribution in [0.25, 0.3) is 0 Å². The third kappa shape index (κ3) is 2.98. The van der Waals surface area contributed by atoms with Gasteiger partial charge in [0.05, 0.1) is 0 Å². The molecule has 1 fully saturated rings. The van der Waals surface area contributed by atoms with Crippen LogP contribution in [-0.2, 0) is 0 Å². The van der Waals surface area contributed by atoms with Gasteiger partial charge in [0.15, 0.2) is 0 Å². The summed E-state index contributed by atoms with van der Waals surface area (Å²) in [6.07, 6.45) is 6.46. The second-order valence-corrected chi connectivity index (χ2v) is 5.10. The second kappa shape index (κ2) is 5.67. The normalized spacial score (nSPS) is 18.9. The van der Waals surface area contributed by atoms with Crippen LogP contribution in [0.1, 0.15) is 43.6 Å². The molecule has 0 spiro atoms. The maximum atomic E-state index is 13.1. The van der Waals surface area contributed by atoms with Crippen LogP contribution in [0, 0.1) is 11.7 Å². The van der Waals surface area contributed by atoms with Crippen molar-refractivity contribution in [3.63, 3.8) is 0 Å². The largest absolute Gasteiger partial charge is 0.207 e. The van der Waals surface area contributed by atoms with E-state index in [0.29, 0.717) is 11.8 Å². The lowest BCUT2D eigenvalue weighted by atomic mass is 9.89. The zero-order valence-electron chi connectivity index (χ0n) is 9.46. The molecule has 2 rings (SSSR count). The number of hydrogen-bond acceptors (Lipinski definition) is 0. The van der Waals surface area contributed by atoms with Crippen molar-refractivity contribution >= 4 is 11.6 Å². The Kier molecular flexibility index (Phi) is 4.22. The zero-order valence-corrected chi connectivity index (χ0v) is 10.2. The molecule has 0 aromatic heterocycles. The third-order valence-electron chi connectivity index (χ3n) is 3.60. The van der Waals surface area contributed by atoms with E-state index >= 15 is 0 Å². The Labute approximate surface area is 102 Å². The predicted octanol–water partition coefficient (Wildman–Crippen LogP) is 4.73. The predicted molar refractivity (Wildman–Crippen MR) is 66.4 cm³/mol. The third-order valence-corrected chi connectivity index (χ3v) is 3.97. The first-order valence-corrected chi connectivity index (χ1v) is 6.64. The van der Waals surface area contributed by atoms with Crippen LogP contribution in [0.4, 0.5) is 4.39 Å². The van der Waals surface area contributed by atoms with Crippen molar-refractivity contribution in [1.82, 2.24) is 0 Å².